The van der Waals surface area contributed by atoms with Crippen LogP contribution in [0, 0.1) is 12.8 Å². The van der Waals surface area contributed by atoms with Gasteiger partial charge in [-0.15, -0.1) is 0 Å². The Bertz CT molecular complexity index is 975. The minimum atomic E-state index is -0.199. The van der Waals surface area contributed by atoms with E-state index in [1.54, 1.807) is 24.3 Å². The van der Waals surface area contributed by atoms with Crippen molar-refractivity contribution in [3.63, 3.8) is 0 Å². The van der Waals surface area contributed by atoms with Crippen molar-refractivity contribution in [3.8, 4) is 0 Å². The number of hydrogen-bond donors (Lipinski definition) is 1. The van der Waals surface area contributed by atoms with E-state index >= 15 is 0 Å². The number of amides is 3. The van der Waals surface area contributed by atoms with Gasteiger partial charge in [0.1, 0.15) is 0 Å². The molecule has 2 aliphatic heterocycles. The smallest absolute Gasteiger partial charge is 0.255 e. The number of nitrogens with one attached hydrogen (secondary N) is 1. The maximum atomic E-state index is 13.1. The lowest BCUT2D eigenvalue weighted by Crippen LogP contribution is -2.45. The van der Waals surface area contributed by atoms with Gasteiger partial charge in [0.15, 0.2) is 0 Å². The van der Waals surface area contributed by atoms with Crippen molar-refractivity contribution in [2.24, 2.45) is 5.92 Å². The number of hydrogen-bond acceptors (Lipinski definition) is 3. The third-order valence-corrected chi connectivity index (χ3v) is 6.57. The van der Waals surface area contributed by atoms with Crippen LogP contribution in [0.3, 0.4) is 0 Å². The average Bonchev–Trinajstić information content (AvgIpc) is 2.85. The topological polar surface area (TPSA) is 69.7 Å². The predicted molar refractivity (Wildman–Crippen MR) is 125 cm³/mol. The fourth-order valence-electron chi connectivity index (χ4n) is 4.56. The quantitative estimate of drug-likeness (QED) is 0.789. The maximum absolute atomic E-state index is 13.1. The lowest BCUT2D eigenvalue weighted by atomic mass is 9.94. The first-order valence-electron chi connectivity index (χ1n) is 11.6. The molecule has 0 radical (unpaired) electrons. The van der Waals surface area contributed by atoms with Gasteiger partial charge in [0, 0.05) is 48.9 Å². The summed E-state index contributed by atoms with van der Waals surface area (Å²) in [6.07, 6.45) is 4.83. The van der Waals surface area contributed by atoms with E-state index in [4.69, 9.17) is 0 Å². The van der Waals surface area contributed by atoms with E-state index in [2.05, 4.69) is 5.32 Å². The van der Waals surface area contributed by atoms with Gasteiger partial charge < -0.3 is 15.1 Å². The van der Waals surface area contributed by atoms with E-state index < -0.39 is 0 Å². The van der Waals surface area contributed by atoms with Crippen LogP contribution in [0.2, 0.25) is 0 Å². The van der Waals surface area contributed by atoms with Gasteiger partial charge in [-0.05, 0) is 68.9 Å². The highest BCUT2D eigenvalue weighted by Gasteiger charge is 2.31. The van der Waals surface area contributed by atoms with Crippen molar-refractivity contribution in [1.82, 2.24) is 9.80 Å². The largest absolute Gasteiger partial charge is 0.342 e. The number of aryl methyl sites for hydroxylation is 1. The fraction of sp³-hybridized carbons (Fsp3) is 0.423. The van der Waals surface area contributed by atoms with Crippen LogP contribution < -0.4 is 5.32 Å². The van der Waals surface area contributed by atoms with Gasteiger partial charge in [-0.3, -0.25) is 14.4 Å². The van der Waals surface area contributed by atoms with Crippen LogP contribution in [-0.4, -0.2) is 53.7 Å². The molecule has 3 amide bonds. The highest BCUT2D eigenvalue weighted by atomic mass is 16.2. The molecule has 0 aliphatic carbocycles. The van der Waals surface area contributed by atoms with Crippen LogP contribution in [0.1, 0.15) is 58.4 Å². The van der Waals surface area contributed by atoms with E-state index in [1.807, 2.05) is 41.0 Å². The number of carbonyl (C=O) groups excluding carboxylic acids is 3. The Balaban J connectivity index is 1.38. The molecule has 0 atom stereocenters. The van der Waals surface area contributed by atoms with Crippen LogP contribution >= 0.6 is 0 Å². The minimum absolute atomic E-state index is 0.0240. The Morgan fingerprint density at radius 2 is 1.50 bits per heavy atom. The monoisotopic (exact) mass is 433 g/mol. The maximum Gasteiger partial charge on any atom is 0.255 e. The second kappa shape index (κ2) is 9.98. The first-order chi connectivity index (χ1) is 15.5. The van der Waals surface area contributed by atoms with Crippen molar-refractivity contribution in [3.05, 3.63) is 65.2 Å². The minimum Gasteiger partial charge on any atom is -0.342 e. The van der Waals surface area contributed by atoms with Gasteiger partial charge in [0.25, 0.3) is 11.8 Å². The summed E-state index contributed by atoms with van der Waals surface area (Å²) in [6, 6.07) is 14.4. The summed E-state index contributed by atoms with van der Waals surface area (Å²) < 4.78 is 0. The Morgan fingerprint density at radius 3 is 2.19 bits per heavy atom. The van der Waals surface area contributed by atoms with E-state index in [1.165, 1.54) is 6.42 Å². The van der Waals surface area contributed by atoms with E-state index in [0.717, 1.165) is 31.5 Å². The van der Waals surface area contributed by atoms with E-state index in [0.29, 0.717) is 42.7 Å². The molecule has 6 nitrogen and oxygen atoms in total. The second-order valence-corrected chi connectivity index (χ2v) is 8.80. The second-order valence-electron chi connectivity index (χ2n) is 8.80. The molecule has 32 heavy (non-hydrogen) atoms. The summed E-state index contributed by atoms with van der Waals surface area (Å²) in [5.74, 6) is 0.0355. The summed E-state index contributed by atoms with van der Waals surface area (Å²) in [7, 11) is 0. The number of likely N-dealkylation sites (tertiary alicyclic amines) is 2. The van der Waals surface area contributed by atoms with Crippen LogP contribution in [0.15, 0.2) is 48.5 Å². The number of anilines is 1. The van der Waals surface area contributed by atoms with Gasteiger partial charge >= 0.3 is 0 Å². The zero-order valence-corrected chi connectivity index (χ0v) is 18.7. The third-order valence-electron chi connectivity index (χ3n) is 6.57. The molecule has 2 aromatic carbocycles. The Hall–Kier alpha value is -3.15. The molecule has 0 aromatic heterocycles. The van der Waals surface area contributed by atoms with Crippen molar-refractivity contribution in [1.29, 1.82) is 0 Å². The van der Waals surface area contributed by atoms with Gasteiger partial charge in [-0.2, -0.15) is 0 Å². The Labute approximate surface area is 189 Å². The summed E-state index contributed by atoms with van der Waals surface area (Å²) >= 11 is 0. The molecule has 2 aromatic rings. The third kappa shape index (κ3) is 5.01. The number of piperidine rings is 2. The van der Waals surface area contributed by atoms with Crippen molar-refractivity contribution >= 4 is 23.4 Å². The molecule has 0 spiro atoms. The number of nitrogens with zero attached hydrogens (tertiary/aromatic N) is 2. The zero-order valence-electron chi connectivity index (χ0n) is 18.7. The molecule has 2 heterocycles. The Morgan fingerprint density at radius 1 is 0.812 bits per heavy atom. The van der Waals surface area contributed by atoms with Gasteiger partial charge in [-0.25, -0.2) is 0 Å². The van der Waals surface area contributed by atoms with Crippen molar-refractivity contribution < 1.29 is 14.4 Å². The van der Waals surface area contributed by atoms with Crippen molar-refractivity contribution in [2.75, 3.05) is 31.5 Å². The number of carbonyl (C=O) groups is 3. The average molecular weight is 434 g/mol. The number of benzene rings is 2. The van der Waals surface area contributed by atoms with Gasteiger partial charge in [0.05, 0.1) is 0 Å². The van der Waals surface area contributed by atoms with Gasteiger partial charge in [0.2, 0.25) is 5.91 Å². The molecule has 2 saturated heterocycles. The molecule has 0 unspecified atom stereocenters. The summed E-state index contributed by atoms with van der Waals surface area (Å²) in [6.45, 7) is 4.83. The van der Waals surface area contributed by atoms with Crippen LogP contribution in [-0.2, 0) is 4.79 Å². The molecular formula is C26H31N3O3. The fourth-order valence-corrected chi connectivity index (χ4v) is 4.56. The molecule has 168 valence electrons. The molecular weight excluding hydrogens is 402 g/mol. The van der Waals surface area contributed by atoms with Crippen molar-refractivity contribution in [2.45, 2.75) is 39.0 Å². The number of rotatable bonds is 4. The summed E-state index contributed by atoms with van der Waals surface area (Å²) in [4.78, 5) is 42.3. The van der Waals surface area contributed by atoms with Gasteiger partial charge in [-0.1, -0.05) is 24.3 Å². The van der Waals surface area contributed by atoms with E-state index in [-0.39, 0.29) is 23.6 Å². The molecule has 2 fully saturated rings. The van der Waals surface area contributed by atoms with Crippen LogP contribution in [0.25, 0.3) is 0 Å². The first-order valence-corrected chi connectivity index (χ1v) is 11.6. The van der Waals surface area contributed by atoms with Crippen LogP contribution in [0.5, 0.6) is 0 Å². The normalized spacial score (nSPS) is 17.2. The molecule has 0 bridgehead atoms. The summed E-state index contributed by atoms with van der Waals surface area (Å²) in [5.41, 5.74) is 2.67. The summed E-state index contributed by atoms with van der Waals surface area (Å²) in [5, 5.41) is 2.92. The lowest BCUT2D eigenvalue weighted by molar-refractivity contribution is -0.137. The molecule has 2 aliphatic rings. The molecule has 1 N–H and O–H groups in total. The Kier molecular flexibility index (Phi) is 6.88. The highest BCUT2D eigenvalue weighted by Crippen LogP contribution is 2.25. The molecule has 0 saturated carbocycles. The zero-order chi connectivity index (χ0) is 22.5. The predicted octanol–water partition coefficient (Wildman–Crippen LogP) is 4.11. The van der Waals surface area contributed by atoms with Crippen LogP contribution in [0.4, 0.5) is 5.69 Å². The SMILES string of the molecule is Cc1ccc(C(=O)N2CCC(C(=O)N3CCCCC3)CC2)cc1NC(=O)c1ccccc1. The van der Waals surface area contributed by atoms with E-state index in [9.17, 15) is 14.4 Å². The molecule has 6 heteroatoms. The standard InChI is InChI=1S/C26H31N3O3/c1-19-10-11-22(18-23(19)27-24(30)20-8-4-2-5-9-20)26(32)29-16-12-21(13-17-29)25(31)28-14-6-3-7-15-28/h2,4-5,8-11,18,21H,3,6-7,12-17H2,1H3,(H,27,30). The highest BCUT2D eigenvalue weighted by molar-refractivity contribution is 6.05. The first kappa shape index (κ1) is 22.1. The molecule has 4 rings (SSSR count). The lowest BCUT2D eigenvalue weighted by Gasteiger charge is -2.35.